The van der Waals surface area contributed by atoms with Crippen LogP contribution in [0.25, 0.3) is 0 Å². The van der Waals surface area contributed by atoms with Gasteiger partial charge in [0, 0.05) is 6.42 Å². The molecule has 0 saturated carbocycles. The van der Waals surface area contributed by atoms with Gasteiger partial charge < -0.3 is 0 Å². The van der Waals surface area contributed by atoms with Gasteiger partial charge in [-0.2, -0.15) is 5.26 Å². The monoisotopic (exact) mass is 182 g/mol. The minimum atomic E-state index is 0.226. The molecule has 1 aliphatic heterocycles. The van der Waals surface area contributed by atoms with Crippen molar-refractivity contribution in [2.75, 3.05) is 0 Å². The molecular formula is C8H9ClN3. The standard InChI is InChI=1S/C8H9ClN3/c1-2-3-4-7-11-6(5-10)8(9)12-7/h2-4H2,1H3. The second kappa shape index (κ2) is 4.13. The van der Waals surface area contributed by atoms with Crippen LogP contribution in [-0.2, 0) is 0 Å². The van der Waals surface area contributed by atoms with Crippen LogP contribution in [0.1, 0.15) is 26.2 Å². The molecule has 0 aliphatic carbocycles. The van der Waals surface area contributed by atoms with Gasteiger partial charge in [-0.25, -0.2) is 10.3 Å². The van der Waals surface area contributed by atoms with E-state index in [4.69, 9.17) is 16.9 Å². The quantitative estimate of drug-likeness (QED) is 0.617. The van der Waals surface area contributed by atoms with E-state index in [1.807, 2.05) is 6.07 Å². The Morgan fingerprint density at radius 1 is 1.58 bits per heavy atom. The van der Waals surface area contributed by atoms with E-state index in [0.717, 1.165) is 19.3 Å². The van der Waals surface area contributed by atoms with Crippen LogP contribution in [0.4, 0.5) is 0 Å². The molecular weight excluding hydrogens is 174 g/mol. The maximum atomic E-state index is 8.52. The Morgan fingerprint density at radius 3 is 2.83 bits per heavy atom. The minimum Gasteiger partial charge on any atom is -0.219 e. The van der Waals surface area contributed by atoms with Crippen molar-refractivity contribution in [2.45, 2.75) is 26.2 Å². The Balaban J connectivity index is 2.48. The molecule has 63 valence electrons. The topological polar surface area (TPSA) is 50.2 Å². The van der Waals surface area contributed by atoms with E-state index in [0.29, 0.717) is 5.84 Å². The highest BCUT2D eigenvalue weighted by Gasteiger charge is 2.16. The first-order chi connectivity index (χ1) is 5.77. The molecule has 1 heterocycles. The van der Waals surface area contributed by atoms with Crippen molar-refractivity contribution in [2.24, 2.45) is 4.99 Å². The number of nitrogens with zero attached hydrogens (tertiary/aromatic N) is 3. The van der Waals surface area contributed by atoms with E-state index in [1.54, 1.807) is 0 Å². The lowest BCUT2D eigenvalue weighted by Crippen LogP contribution is -2.09. The zero-order valence-electron chi connectivity index (χ0n) is 6.84. The van der Waals surface area contributed by atoms with Crippen molar-refractivity contribution in [3.63, 3.8) is 0 Å². The number of nitriles is 1. The first kappa shape index (κ1) is 9.08. The summed E-state index contributed by atoms with van der Waals surface area (Å²) in [4.78, 5) is 3.95. The van der Waals surface area contributed by atoms with Crippen molar-refractivity contribution < 1.29 is 0 Å². The lowest BCUT2D eigenvalue weighted by molar-refractivity contribution is 0.823. The first-order valence-corrected chi connectivity index (χ1v) is 4.25. The Morgan fingerprint density at radius 2 is 2.33 bits per heavy atom. The first-order valence-electron chi connectivity index (χ1n) is 3.87. The second-order valence-electron chi connectivity index (χ2n) is 2.49. The van der Waals surface area contributed by atoms with E-state index < -0.39 is 0 Å². The third-order valence-corrected chi connectivity index (χ3v) is 1.79. The molecule has 0 bridgehead atoms. The van der Waals surface area contributed by atoms with Gasteiger partial charge in [-0.3, -0.25) is 0 Å². The average Bonchev–Trinajstić information content (AvgIpc) is 2.43. The van der Waals surface area contributed by atoms with E-state index in [1.165, 1.54) is 0 Å². The number of unbranched alkanes of at least 4 members (excludes halogenated alkanes) is 1. The molecule has 0 aromatic carbocycles. The maximum Gasteiger partial charge on any atom is 0.179 e. The van der Waals surface area contributed by atoms with Crippen LogP contribution >= 0.6 is 11.6 Å². The smallest absolute Gasteiger partial charge is 0.179 e. The van der Waals surface area contributed by atoms with Gasteiger partial charge in [0.2, 0.25) is 0 Å². The number of amidine groups is 1. The normalized spacial score (nSPS) is 15.6. The Kier molecular flexibility index (Phi) is 3.12. The van der Waals surface area contributed by atoms with Gasteiger partial charge in [-0.15, -0.1) is 0 Å². The molecule has 0 aromatic heterocycles. The summed E-state index contributed by atoms with van der Waals surface area (Å²) in [6.07, 6.45) is 2.93. The molecule has 0 amide bonds. The lowest BCUT2D eigenvalue weighted by atomic mass is 10.2. The Hall–Kier alpha value is -1.01. The Labute approximate surface area is 76.7 Å². The van der Waals surface area contributed by atoms with Gasteiger partial charge in [0.15, 0.2) is 10.9 Å². The van der Waals surface area contributed by atoms with Crippen LogP contribution in [0, 0.1) is 11.3 Å². The molecule has 0 unspecified atom stereocenters. The van der Waals surface area contributed by atoms with Crippen molar-refractivity contribution >= 4 is 17.4 Å². The SMILES string of the molecule is CCCCC1=NC(Cl)=C(C#N)[N]1. The molecule has 0 fully saturated rings. The minimum absolute atomic E-state index is 0.226. The number of allylic oxidation sites excluding steroid dienone is 1. The summed E-state index contributed by atoms with van der Waals surface area (Å²) in [6.45, 7) is 2.09. The third-order valence-electron chi connectivity index (χ3n) is 1.52. The molecule has 0 spiro atoms. The molecule has 1 rings (SSSR count). The van der Waals surface area contributed by atoms with E-state index in [2.05, 4.69) is 17.2 Å². The van der Waals surface area contributed by atoms with Gasteiger partial charge in [0.05, 0.1) is 0 Å². The van der Waals surface area contributed by atoms with E-state index in [-0.39, 0.29) is 10.9 Å². The summed E-state index contributed by atoms with van der Waals surface area (Å²) < 4.78 is 0. The molecule has 0 atom stereocenters. The van der Waals surface area contributed by atoms with Crippen LogP contribution in [0.15, 0.2) is 15.8 Å². The summed E-state index contributed by atoms with van der Waals surface area (Å²) >= 11 is 5.63. The van der Waals surface area contributed by atoms with E-state index in [9.17, 15) is 0 Å². The largest absolute Gasteiger partial charge is 0.219 e. The van der Waals surface area contributed by atoms with Gasteiger partial charge in [-0.1, -0.05) is 24.9 Å². The second-order valence-corrected chi connectivity index (χ2v) is 2.85. The number of rotatable bonds is 3. The van der Waals surface area contributed by atoms with Crippen LogP contribution in [0.3, 0.4) is 0 Å². The summed E-state index contributed by atoms with van der Waals surface area (Å²) in [5.74, 6) is 0.679. The molecule has 1 aliphatic rings. The molecule has 0 N–H and O–H groups in total. The summed E-state index contributed by atoms with van der Waals surface area (Å²) in [6, 6.07) is 1.89. The van der Waals surface area contributed by atoms with Crippen LogP contribution in [0.5, 0.6) is 0 Å². The predicted octanol–water partition coefficient (Wildman–Crippen LogP) is 2.12. The zero-order chi connectivity index (χ0) is 8.97. The average molecular weight is 183 g/mol. The molecule has 0 saturated heterocycles. The fraction of sp³-hybridized carbons (Fsp3) is 0.500. The van der Waals surface area contributed by atoms with E-state index >= 15 is 0 Å². The fourth-order valence-electron chi connectivity index (χ4n) is 0.884. The van der Waals surface area contributed by atoms with Crippen LogP contribution < -0.4 is 5.32 Å². The summed E-state index contributed by atoms with van der Waals surface area (Å²) in [7, 11) is 0. The van der Waals surface area contributed by atoms with Crippen molar-refractivity contribution in [3.8, 4) is 6.07 Å². The summed E-state index contributed by atoms with van der Waals surface area (Å²) in [5.41, 5.74) is 0.239. The molecule has 4 heteroatoms. The van der Waals surface area contributed by atoms with Crippen molar-refractivity contribution in [1.82, 2.24) is 5.32 Å². The number of hydrogen-bond donors (Lipinski definition) is 0. The lowest BCUT2D eigenvalue weighted by Gasteiger charge is -1.95. The zero-order valence-corrected chi connectivity index (χ0v) is 7.60. The molecule has 3 nitrogen and oxygen atoms in total. The predicted molar refractivity (Wildman–Crippen MR) is 47.6 cm³/mol. The number of aliphatic imine (C=N–C) groups is 1. The highest BCUT2D eigenvalue weighted by atomic mass is 35.5. The van der Waals surface area contributed by atoms with Crippen molar-refractivity contribution in [1.29, 1.82) is 5.26 Å². The van der Waals surface area contributed by atoms with Gasteiger partial charge >= 0.3 is 0 Å². The molecule has 12 heavy (non-hydrogen) atoms. The number of halogens is 1. The highest BCUT2D eigenvalue weighted by Crippen LogP contribution is 2.17. The van der Waals surface area contributed by atoms with Gasteiger partial charge in [0.25, 0.3) is 0 Å². The fourth-order valence-corrected chi connectivity index (χ4v) is 1.07. The number of hydrogen-bond acceptors (Lipinski definition) is 2. The third kappa shape index (κ3) is 1.99. The van der Waals surface area contributed by atoms with Crippen LogP contribution in [0.2, 0.25) is 0 Å². The Bertz CT molecular complexity index is 273. The molecule has 0 aromatic rings. The summed E-state index contributed by atoms with van der Waals surface area (Å²) in [5, 5.41) is 12.7. The highest BCUT2D eigenvalue weighted by molar-refractivity contribution is 6.31. The molecule has 1 radical (unpaired) electrons. The maximum absolute atomic E-state index is 8.52. The van der Waals surface area contributed by atoms with Crippen molar-refractivity contribution in [3.05, 3.63) is 10.9 Å². The van der Waals surface area contributed by atoms with Gasteiger partial charge in [0.1, 0.15) is 11.9 Å². The van der Waals surface area contributed by atoms with Crippen LogP contribution in [-0.4, -0.2) is 5.84 Å². The van der Waals surface area contributed by atoms with Gasteiger partial charge in [-0.05, 0) is 6.42 Å².